The van der Waals surface area contributed by atoms with Gasteiger partial charge in [0.2, 0.25) is 5.95 Å². The third-order valence-electron chi connectivity index (χ3n) is 3.00. The topological polar surface area (TPSA) is 81.9 Å². The predicted octanol–water partition coefficient (Wildman–Crippen LogP) is 2.27. The van der Waals surface area contributed by atoms with Gasteiger partial charge in [0.25, 0.3) is 5.91 Å². The molecule has 7 heteroatoms. The Morgan fingerprint density at radius 2 is 2.04 bits per heavy atom. The molecule has 0 aliphatic heterocycles. The largest absolute Gasteiger partial charge is 0.471 e. The van der Waals surface area contributed by atoms with E-state index >= 15 is 0 Å². The summed E-state index contributed by atoms with van der Waals surface area (Å²) in [6.07, 6.45) is 3.26. The zero-order chi connectivity index (χ0) is 16.1. The average Bonchev–Trinajstić information content (AvgIpc) is 3.03. The summed E-state index contributed by atoms with van der Waals surface area (Å²) in [5.74, 6) is 0.626. The van der Waals surface area contributed by atoms with Gasteiger partial charge >= 0.3 is 0 Å². The van der Waals surface area contributed by atoms with E-state index < -0.39 is 0 Å². The van der Waals surface area contributed by atoms with Gasteiger partial charge in [-0.15, -0.1) is 0 Å². The molecule has 0 saturated heterocycles. The Balaban J connectivity index is 1.61. The third-order valence-corrected chi connectivity index (χ3v) is 3.00. The Morgan fingerprint density at radius 1 is 1.22 bits per heavy atom. The molecule has 1 amide bonds. The molecular formula is C16H15N5O2. The molecular weight excluding hydrogens is 294 g/mol. The van der Waals surface area contributed by atoms with Crippen LogP contribution < -0.4 is 10.1 Å². The second-order valence-electron chi connectivity index (χ2n) is 4.80. The van der Waals surface area contributed by atoms with E-state index in [0.29, 0.717) is 0 Å². The number of carbonyl (C=O) groups is 1. The van der Waals surface area contributed by atoms with Crippen LogP contribution in [0.4, 0.5) is 5.95 Å². The average molecular weight is 309 g/mol. The first-order valence-electron chi connectivity index (χ1n) is 7.03. The number of amides is 1. The molecule has 0 saturated carbocycles. The van der Waals surface area contributed by atoms with E-state index in [4.69, 9.17) is 4.74 Å². The van der Waals surface area contributed by atoms with Gasteiger partial charge in [0.15, 0.2) is 12.4 Å². The van der Waals surface area contributed by atoms with Crippen molar-refractivity contribution in [1.29, 1.82) is 0 Å². The normalized spacial score (nSPS) is 10.3. The van der Waals surface area contributed by atoms with Crippen LogP contribution in [0.1, 0.15) is 16.2 Å². The maximum atomic E-state index is 12.1. The molecule has 0 fully saturated rings. The van der Waals surface area contributed by atoms with Crippen LogP contribution in [0.2, 0.25) is 0 Å². The fourth-order valence-electron chi connectivity index (χ4n) is 1.89. The number of anilines is 1. The molecule has 116 valence electrons. The first-order valence-corrected chi connectivity index (χ1v) is 7.03. The Morgan fingerprint density at radius 3 is 2.83 bits per heavy atom. The van der Waals surface area contributed by atoms with E-state index in [1.807, 2.05) is 37.3 Å². The lowest BCUT2D eigenvalue weighted by atomic mass is 10.3. The van der Waals surface area contributed by atoms with E-state index in [-0.39, 0.29) is 24.3 Å². The minimum atomic E-state index is -0.367. The molecule has 2 heterocycles. The third kappa shape index (κ3) is 3.91. The first-order chi connectivity index (χ1) is 11.2. The van der Waals surface area contributed by atoms with Gasteiger partial charge in [-0.25, -0.2) is 14.6 Å². The lowest BCUT2D eigenvalue weighted by Gasteiger charge is -2.05. The monoisotopic (exact) mass is 309 g/mol. The molecule has 1 N–H and O–H groups in total. The lowest BCUT2D eigenvalue weighted by Crippen LogP contribution is -2.16. The van der Waals surface area contributed by atoms with Crippen molar-refractivity contribution in [1.82, 2.24) is 19.7 Å². The molecule has 0 aliphatic carbocycles. The summed E-state index contributed by atoms with van der Waals surface area (Å²) in [5.41, 5.74) is 1.05. The zero-order valence-electron chi connectivity index (χ0n) is 12.5. The van der Waals surface area contributed by atoms with Crippen molar-refractivity contribution in [3.05, 3.63) is 66.2 Å². The number of carbonyl (C=O) groups excluding carboxylic acids is 1. The van der Waals surface area contributed by atoms with Crippen LogP contribution in [-0.2, 0) is 6.73 Å². The minimum Gasteiger partial charge on any atom is -0.471 e. The lowest BCUT2D eigenvalue weighted by molar-refractivity contribution is 0.101. The van der Waals surface area contributed by atoms with Crippen molar-refractivity contribution in [2.24, 2.45) is 0 Å². The maximum Gasteiger partial charge on any atom is 0.278 e. The van der Waals surface area contributed by atoms with Gasteiger partial charge in [-0.1, -0.05) is 18.2 Å². The van der Waals surface area contributed by atoms with Crippen molar-refractivity contribution >= 4 is 11.9 Å². The van der Waals surface area contributed by atoms with Gasteiger partial charge in [0, 0.05) is 18.1 Å². The van der Waals surface area contributed by atoms with Crippen LogP contribution in [0.5, 0.6) is 5.75 Å². The van der Waals surface area contributed by atoms with Gasteiger partial charge in [-0.05, 0) is 31.2 Å². The summed E-state index contributed by atoms with van der Waals surface area (Å²) in [6.45, 7) is 2.05. The second kappa shape index (κ2) is 6.69. The molecule has 3 aromatic rings. The van der Waals surface area contributed by atoms with Gasteiger partial charge in [0.1, 0.15) is 5.75 Å². The summed E-state index contributed by atoms with van der Waals surface area (Å²) < 4.78 is 7.10. The fraction of sp³-hybridized carbons (Fsp3) is 0.125. The van der Waals surface area contributed by atoms with E-state index in [2.05, 4.69) is 20.4 Å². The molecule has 1 aromatic carbocycles. The summed E-state index contributed by atoms with van der Waals surface area (Å²) in [6, 6.07) is 12.8. The Hall–Kier alpha value is -3.22. The van der Waals surface area contributed by atoms with Gasteiger partial charge < -0.3 is 4.74 Å². The molecule has 0 radical (unpaired) electrons. The van der Waals surface area contributed by atoms with Crippen LogP contribution >= 0.6 is 0 Å². The summed E-state index contributed by atoms with van der Waals surface area (Å²) in [7, 11) is 0. The maximum absolute atomic E-state index is 12.1. The van der Waals surface area contributed by atoms with Crippen LogP contribution in [0.25, 0.3) is 0 Å². The standard InChI is InChI=1S/C16H15N5O2/c1-12-7-9-17-16(18-12)19-15(22)14-8-10-21(20-14)11-23-13-5-3-2-4-6-13/h2-10H,11H2,1H3,(H,17,18,19,22). The van der Waals surface area contributed by atoms with Crippen LogP contribution in [0, 0.1) is 6.92 Å². The number of benzene rings is 1. The van der Waals surface area contributed by atoms with Crippen LogP contribution in [0.15, 0.2) is 54.9 Å². The van der Waals surface area contributed by atoms with Gasteiger partial charge in [0.05, 0.1) is 0 Å². The van der Waals surface area contributed by atoms with Crippen molar-refractivity contribution < 1.29 is 9.53 Å². The minimum absolute atomic E-state index is 0.220. The Labute approximate surface area is 133 Å². The molecule has 7 nitrogen and oxygen atoms in total. The van der Waals surface area contributed by atoms with Crippen molar-refractivity contribution in [3.63, 3.8) is 0 Å². The van der Waals surface area contributed by atoms with Crippen molar-refractivity contribution in [2.75, 3.05) is 5.32 Å². The highest BCUT2D eigenvalue weighted by molar-refractivity contribution is 6.01. The second-order valence-corrected chi connectivity index (χ2v) is 4.80. The van der Waals surface area contributed by atoms with Crippen molar-refractivity contribution in [2.45, 2.75) is 13.7 Å². The molecule has 3 rings (SSSR count). The van der Waals surface area contributed by atoms with Crippen LogP contribution in [-0.4, -0.2) is 25.7 Å². The van der Waals surface area contributed by atoms with Crippen LogP contribution in [0.3, 0.4) is 0 Å². The number of aromatic nitrogens is 4. The van der Waals surface area contributed by atoms with E-state index in [9.17, 15) is 4.79 Å². The Bertz CT molecular complexity index is 801. The molecule has 0 spiro atoms. The molecule has 0 aliphatic rings. The highest BCUT2D eigenvalue weighted by Crippen LogP contribution is 2.09. The highest BCUT2D eigenvalue weighted by Gasteiger charge is 2.11. The van der Waals surface area contributed by atoms with E-state index in [1.165, 1.54) is 0 Å². The number of ether oxygens (including phenoxy) is 1. The molecule has 23 heavy (non-hydrogen) atoms. The molecule has 0 bridgehead atoms. The first kappa shape index (κ1) is 14.7. The number of hydrogen-bond acceptors (Lipinski definition) is 5. The molecule has 0 atom stereocenters. The summed E-state index contributed by atoms with van der Waals surface area (Å²) >= 11 is 0. The van der Waals surface area contributed by atoms with Gasteiger partial charge in [-0.2, -0.15) is 5.10 Å². The van der Waals surface area contributed by atoms with E-state index in [1.54, 1.807) is 29.2 Å². The zero-order valence-corrected chi connectivity index (χ0v) is 12.5. The number of aryl methyl sites for hydroxylation is 1. The van der Waals surface area contributed by atoms with Crippen molar-refractivity contribution in [3.8, 4) is 5.75 Å². The smallest absolute Gasteiger partial charge is 0.278 e. The Kier molecular flexibility index (Phi) is 4.28. The quantitative estimate of drug-likeness (QED) is 0.782. The number of hydrogen-bond donors (Lipinski definition) is 1. The van der Waals surface area contributed by atoms with E-state index in [0.717, 1.165) is 11.4 Å². The summed E-state index contributed by atoms with van der Waals surface area (Å²) in [4.78, 5) is 20.2. The SMILES string of the molecule is Cc1ccnc(NC(=O)c2ccn(COc3ccccc3)n2)n1. The number of rotatable bonds is 5. The number of para-hydroxylation sites is 1. The summed E-state index contributed by atoms with van der Waals surface area (Å²) in [5, 5.41) is 6.78. The van der Waals surface area contributed by atoms with Gasteiger partial charge in [-0.3, -0.25) is 10.1 Å². The number of nitrogens with one attached hydrogen (secondary N) is 1. The molecule has 2 aromatic heterocycles. The molecule has 0 unspecified atom stereocenters. The number of nitrogens with zero attached hydrogens (tertiary/aromatic N) is 4. The fourth-order valence-corrected chi connectivity index (χ4v) is 1.89. The predicted molar refractivity (Wildman–Crippen MR) is 84.0 cm³/mol. The highest BCUT2D eigenvalue weighted by atomic mass is 16.5.